The number of carbonyl (C=O) groups excluding carboxylic acids is 1. The van der Waals surface area contributed by atoms with Gasteiger partial charge in [-0.3, -0.25) is 14.9 Å². The minimum absolute atomic E-state index is 0.0553. The first-order chi connectivity index (χ1) is 11.1. The average Bonchev–Trinajstić information content (AvgIpc) is 2.54. The summed E-state index contributed by atoms with van der Waals surface area (Å²) in [4.78, 5) is 23.7. The fraction of sp³-hybridized carbons (Fsp3) is 0.588. The lowest BCUT2D eigenvalue weighted by atomic mass is 9.70. The molecular formula is C17H21NO5. The zero-order chi connectivity index (χ0) is 16.4. The fourth-order valence-electron chi connectivity index (χ4n) is 4.02. The lowest BCUT2D eigenvalue weighted by Gasteiger charge is -2.44. The molecule has 1 spiro atoms. The maximum atomic E-state index is 12.1. The second-order valence-corrected chi connectivity index (χ2v) is 6.41. The Balaban J connectivity index is 1.98. The molecule has 0 unspecified atom stereocenters. The SMILES string of the molecule is COc1ccc([C@@H]2CC(=O)OC3(CCCCC3)[C@@H]2[N+](=O)[O-])cc1. The quantitative estimate of drug-likeness (QED) is 0.486. The Hall–Kier alpha value is -2.11. The molecule has 2 fully saturated rings. The van der Waals surface area contributed by atoms with E-state index in [4.69, 9.17) is 9.47 Å². The van der Waals surface area contributed by atoms with Gasteiger partial charge in [-0.25, -0.2) is 0 Å². The summed E-state index contributed by atoms with van der Waals surface area (Å²) >= 11 is 0. The highest BCUT2D eigenvalue weighted by Gasteiger charge is 2.58. The second kappa shape index (κ2) is 6.18. The summed E-state index contributed by atoms with van der Waals surface area (Å²) in [5.41, 5.74) is -0.143. The highest BCUT2D eigenvalue weighted by molar-refractivity contribution is 5.72. The third-order valence-electron chi connectivity index (χ3n) is 5.09. The van der Waals surface area contributed by atoms with Crippen molar-refractivity contribution >= 4 is 5.97 Å². The lowest BCUT2D eigenvalue weighted by molar-refractivity contribution is -0.554. The first kappa shape index (κ1) is 15.8. The van der Waals surface area contributed by atoms with E-state index in [1.807, 2.05) is 12.1 Å². The summed E-state index contributed by atoms with van der Waals surface area (Å²) in [5, 5.41) is 11.8. The molecule has 1 aromatic carbocycles. The van der Waals surface area contributed by atoms with Gasteiger partial charge < -0.3 is 9.47 Å². The molecule has 0 amide bonds. The molecule has 23 heavy (non-hydrogen) atoms. The number of benzene rings is 1. The molecule has 6 heteroatoms. The lowest BCUT2D eigenvalue weighted by Crippen LogP contribution is -2.57. The molecule has 1 saturated carbocycles. The van der Waals surface area contributed by atoms with E-state index in [-0.39, 0.29) is 17.3 Å². The van der Waals surface area contributed by atoms with Crippen LogP contribution in [-0.4, -0.2) is 29.6 Å². The van der Waals surface area contributed by atoms with E-state index in [1.54, 1.807) is 19.2 Å². The number of carbonyl (C=O) groups is 1. The molecule has 1 heterocycles. The average molecular weight is 319 g/mol. The van der Waals surface area contributed by atoms with Crippen molar-refractivity contribution in [1.82, 2.24) is 0 Å². The molecule has 3 rings (SSSR count). The summed E-state index contributed by atoms with van der Waals surface area (Å²) in [6.07, 6.45) is 3.99. The van der Waals surface area contributed by atoms with Crippen LogP contribution < -0.4 is 4.74 Å². The highest BCUT2D eigenvalue weighted by Crippen LogP contribution is 2.46. The summed E-state index contributed by atoms with van der Waals surface area (Å²) < 4.78 is 10.7. The van der Waals surface area contributed by atoms with Crippen LogP contribution in [0, 0.1) is 10.1 Å². The predicted octanol–water partition coefficient (Wildman–Crippen LogP) is 3.07. The summed E-state index contributed by atoms with van der Waals surface area (Å²) in [5.74, 6) is -0.0850. The highest BCUT2D eigenvalue weighted by atomic mass is 16.6. The topological polar surface area (TPSA) is 78.7 Å². The molecule has 6 nitrogen and oxygen atoms in total. The van der Waals surface area contributed by atoms with Crippen molar-refractivity contribution in [2.24, 2.45) is 0 Å². The Morgan fingerprint density at radius 1 is 1.22 bits per heavy atom. The number of hydrogen-bond donors (Lipinski definition) is 0. The van der Waals surface area contributed by atoms with Crippen LogP contribution in [0.3, 0.4) is 0 Å². The number of methoxy groups -OCH3 is 1. The van der Waals surface area contributed by atoms with Crippen LogP contribution in [-0.2, 0) is 9.53 Å². The molecule has 1 aromatic rings. The van der Waals surface area contributed by atoms with Gasteiger partial charge in [0.15, 0.2) is 5.60 Å². The maximum Gasteiger partial charge on any atom is 0.307 e. The molecular weight excluding hydrogens is 298 g/mol. The number of rotatable bonds is 3. The van der Waals surface area contributed by atoms with Gasteiger partial charge in [0, 0.05) is 4.92 Å². The molecule has 2 aliphatic rings. The van der Waals surface area contributed by atoms with Crippen LogP contribution in [0.1, 0.15) is 50.0 Å². The summed E-state index contributed by atoms with van der Waals surface area (Å²) in [6.45, 7) is 0. The third-order valence-corrected chi connectivity index (χ3v) is 5.09. The Bertz CT molecular complexity index is 592. The summed E-state index contributed by atoms with van der Waals surface area (Å²) in [7, 11) is 1.57. The fourth-order valence-corrected chi connectivity index (χ4v) is 4.02. The molecule has 0 N–H and O–H groups in total. The second-order valence-electron chi connectivity index (χ2n) is 6.41. The number of hydrogen-bond acceptors (Lipinski definition) is 5. The van der Waals surface area contributed by atoms with E-state index >= 15 is 0 Å². The molecule has 1 aliphatic heterocycles. The van der Waals surface area contributed by atoms with Crippen molar-refractivity contribution in [2.45, 2.75) is 56.1 Å². The number of esters is 1. The van der Waals surface area contributed by atoms with Crippen LogP contribution in [0.25, 0.3) is 0 Å². The Kier molecular flexibility index (Phi) is 4.24. The Labute approximate surface area is 134 Å². The molecule has 1 aliphatic carbocycles. The van der Waals surface area contributed by atoms with Crippen molar-refractivity contribution in [3.05, 3.63) is 39.9 Å². The first-order valence-electron chi connectivity index (χ1n) is 8.05. The van der Waals surface area contributed by atoms with Gasteiger partial charge in [0.1, 0.15) is 5.75 Å². The molecule has 0 aromatic heterocycles. The van der Waals surface area contributed by atoms with Crippen LogP contribution in [0.2, 0.25) is 0 Å². The third kappa shape index (κ3) is 2.90. The minimum Gasteiger partial charge on any atom is -0.497 e. The molecule has 1 saturated heterocycles. The van der Waals surface area contributed by atoms with E-state index in [0.29, 0.717) is 18.6 Å². The largest absolute Gasteiger partial charge is 0.497 e. The van der Waals surface area contributed by atoms with Crippen LogP contribution in [0.15, 0.2) is 24.3 Å². The molecule has 2 atom stereocenters. The van der Waals surface area contributed by atoms with Crippen molar-refractivity contribution in [2.75, 3.05) is 7.11 Å². The first-order valence-corrected chi connectivity index (χ1v) is 8.05. The van der Waals surface area contributed by atoms with Crippen LogP contribution in [0.4, 0.5) is 0 Å². The minimum atomic E-state index is -0.943. The Morgan fingerprint density at radius 3 is 2.43 bits per heavy atom. The van der Waals surface area contributed by atoms with Crippen LogP contribution >= 0.6 is 0 Å². The van der Waals surface area contributed by atoms with Crippen LogP contribution in [0.5, 0.6) is 5.75 Å². The zero-order valence-corrected chi connectivity index (χ0v) is 13.2. The van der Waals surface area contributed by atoms with Gasteiger partial charge in [0.2, 0.25) is 0 Å². The van der Waals surface area contributed by atoms with E-state index < -0.39 is 17.6 Å². The molecule has 0 radical (unpaired) electrons. The maximum absolute atomic E-state index is 12.1. The van der Waals surface area contributed by atoms with Gasteiger partial charge in [0.05, 0.1) is 19.4 Å². The predicted molar refractivity (Wildman–Crippen MR) is 83.0 cm³/mol. The van der Waals surface area contributed by atoms with E-state index in [0.717, 1.165) is 24.8 Å². The van der Waals surface area contributed by atoms with E-state index in [2.05, 4.69) is 0 Å². The Morgan fingerprint density at radius 2 is 1.87 bits per heavy atom. The van der Waals surface area contributed by atoms with Crippen molar-refractivity contribution in [1.29, 1.82) is 0 Å². The standard InChI is InChI=1S/C17H21NO5/c1-22-13-7-5-12(6-8-13)14-11-15(19)23-17(16(14)18(20)21)9-3-2-4-10-17/h5-8,14,16H,2-4,9-11H2,1H3/t14-,16+/m0/s1. The van der Waals surface area contributed by atoms with E-state index in [1.165, 1.54) is 0 Å². The monoisotopic (exact) mass is 319 g/mol. The van der Waals surface area contributed by atoms with Gasteiger partial charge in [-0.2, -0.15) is 0 Å². The van der Waals surface area contributed by atoms with Gasteiger partial charge in [-0.1, -0.05) is 18.6 Å². The van der Waals surface area contributed by atoms with Gasteiger partial charge in [0.25, 0.3) is 6.04 Å². The van der Waals surface area contributed by atoms with Gasteiger partial charge in [-0.15, -0.1) is 0 Å². The van der Waals surface area contributed by atoms with Crippen molar-refractivity contribution < 1.29 is 19.2 Å². The number of ether oxygens (including phenoxy) is 2. The van der Waals surface area contributed by atoms with Crippen molar-refractivity contribution in [3.8, 4) is 5.75 Å². The smallest absolute Gasteiger partial charge is 0.307 e. The van der Waals surface area contributed by atoms with Gasteiger partial charge in [-0.05, 0) is 43.4 Å². The van der Waals surface area contributed by atoms with Crippen molar-refractivity contribution in [3.63, 3.8) is 0 Å². The van der Waals surface area contributed by atoms with E-state index in [9.17, 15) is 14.9 Å². The van der Waals surface area contributed by atoms with Gasteiger partial charge >= 0.3 is 5.97 Å². The molecule has 0 bridgehead atoms. The normalized spacial score (nSPS) is 26.6. The zero-order valence-electron chi connectivity index (χ0n) is 13.2. The summed E-state index contributed by atoms with van der Waals surface area (Å²) in [6, 6.07) is 6.30. The number of nitro groups is 1. The molecule has 124 valence electrons. The number of nitrogens with zero attached hydrogens (tertiary/aromatic N) is 1.